The molecule has 0 bridgehead atoms. The highest BCUT2D eigenvalue weighted by Gasteiger charge is 2.41. The van der Waals surface area contributed by atoms with Gasteiger partial charge in [-0.25, -0.2) is 4.74 Å². The highest BCUT2D eigenvalue weighted by molar-refractivity contribution is 7.81. The smallest absolute Gasteiger partial charge is 0.264 e. The van der Waals surface area contributed by atoms with E-state index in [2.05, 4.69) is 166 Å². The summed E-state index contributed by atoms with van der Waals surface area (Å²) >= 11 is 0. The summed E-state index contributed by atoms with van der Waals surface area (Å²) in [5, 5.41) is 3.62. The van der Waals surface area contributed by atoms with Gasteiger partial charge >= 0.3 is 7.51 Å². The van der Waals surface area contributed by atoms with Crippen LogP contribution in [0.15, 0.2) is 18.3 Å². The van der Waals surface area contributed by atoms with E-state index in [1.807, 2.05) is 7.05 Å². The Morgan fingerprint density at radius 1 is 0.526 bits per heavy atom. The van der Waals surface area contributed by atoms with E-state index in [0.717, 1.165) is 0 Å². The van der Waals surface area contributed by atoms with Crippen molar-refractivity contribution in [3.8, 4) is 0 Å². The Morgan fingerprint density at radius 3 is 0.974 bits per heavy atom. The molecule has 0 aliphatic heterocycles. The van der Waals surface area contributed by atoms with Gasteiger partial charge < -0.3 is 0 Å². The maximum absolute atomic E-state index is 5.94. The lowest BCUT2D eigenvalue weighted by Crippen LogP contribution is -2.30. The van der Waals surface area contributed by atoms with Crippen LogP contribution < -0.4 is 5.09 Å². The van der Waals surface area contributed by atoms with E-state index in [1.165, 1.54) is 0 Å². The summed E-state index contributed by atoms with van der Waals surface area (Å²) in [6.45, 7) is 15.5. The van der Waals surface area contributed by atoms with Gasteiger partial charge in [0.1, 0.15) is 14.7 Å². The molecule has 0 rings (SSSR count). The molecule has 0 saturated heterocycles. The van der Waals surface area contributed by atoms with Crippen LogP contribution in [0, 0.1) is 0 Å². The predicted molar refractivity (Wildman–Crippen MR) is 179 cm³/mol. The van der Waals surface area contributed by atoms with Gasteiger partial charge in [0, 0.05) is 11.3 Å². The van der Waals surface area contributed by atoms with Crippen LogP contribution in [0.25, 0.3) is 0 Å². The molecule has 38 heavy (non-hydrogen) atoms. The van der Waals surface area contributed by atoms with Crippen LogP contribution in [-0.4, -0.2) is 136 Å². The molecule has 15 heteroatoms. The minimum Gasteiger partial charge on any atom is -0.264 e. The standard InChI is InChI=1S/C23H63N11P4/c1-21(2)35(29(9)10,30(11)12)26-37(25-23(5,6)7,28-38(24-8,33(17)18)34(19)20)27-36(22(3)4,31(13)14)32(15)16/h21-22,24H,1-20H3. The van der Waals surface area contributed by atoms with E-state index in [1.54, 1.807) is 0 Å². The summed E-state index contributed by atoms with van der Waals surface area (Å²) in [6, 6.07) is 0. The minimum atomic E-state index is -3.09. The Bertz CT molecular complexity index is 871. The molecule has 0 atom stereocenters. The quantitative estimate of drug-likeness (QED) is 0.233. The number of hydrogen-bond acceptors (Lipinski definition) is 1. The third-order valence-corrected chi connectivity index (χ3v) is 23.5. The average molecular weight is 618 g/mol. The fourth-order valence-corrected chi connectivity index (χ4v) is 24.4. The largest absolute Gasteiger partial charge is 0.304 e. The lowest BCUT2D eigenvalue weighted by atomic mass is 10.1. The summed E-state index contributed by atoms with van der Waals surface area (Å²) in [5.74, 6) is 0. The first-order valence-corrected chi connectivity index (χ1v) is 19.9. The van der Waals surface area contributed by atoms with E-state index in [0.29, 0.717) is 0 Å². The van der Waals surface area contributed by atoms with Crippen molar-refractivity contribution in [1.82, 2.24) is 33.1 Å². The second kappa shape index (κ2) is 14.2. The van der Waals surface area contributed by atoms with E-state index in [-0.39, 0.29) is 11.3 Å². The van der Waals surface area contributed by atoms with Crippen molar-refractivity contribution in [3.63, 3.8) is 0 Å². The van der Waals surface area contributed by atoms with Gasteiger partial charge in [-0.15, -0.1) is 0 Å². The van der Waals surface area contributed by atoms with Gasteiger partial charge in [-0.05, 0) is 112 Å². The average Bonchev–Trinajstić information content (AvgIpc) is 2.71. The summed E-state index contributed by atoms with van der Waals surface area (Å²) < 4.78 is 36.9. The molecule has 0 amide bonds. The Kier molecular flexibility index (Phi) is 14.4. The molecule has 0 unspecified atom stereocenters. The molecule has 0 aliphatic carbocycles. The summed E-state index contributed by atoms with van der Waals surface area (Å²) in [4.78, 5) is 0. The highest BCUT2D eigenvalue weighted by Crippen LogP contribution is 2.78. The van der Waals surface area contributed by atoms with Crippen molar-refractivity contribution >= 4 is 29.7 Å². The van der Waals surface area contributed by atoms with Crippen molar-refractivity contribution in [2.45, 2.75) is 65.3 Å². The molecule has 0 radical (unpaired) electrons. The van der Waals surface area contributed by atoms with Crippen molar-refractivity contribution < 1.29 is 0 Å². The van der Waals surface area contributed by atoms with Gasteiger partial charge in [-0.2, -0.15) is 13.5 Å². The van der Waals surface area contributed by atoms with Crippen LogP contribution >= 0.6 is 29.7 Å². The van der Waals surface area contributed by atoms with Crippen molar-refractivity contribution in [3.05, 3.63) is 0 Å². The van der Waals surface area contributed by atoms with Gasteiger partial charge in [0.05, 0.1) is 5.54 Å². The molecular weight excluding hydrogens is 554 g/mol. The molecule has 0 aromatic carbocycles. The summed E-state index contributed by atoms with van der Waals surface area (Å²) in [5.41, 5.74) is 0.126. The number of nitrogens with one attached hydrogen (secondary N) is 1. The zero-order valence-corrected chi connectivity index (χ0v) is 32.0. The molecule has 0 heterocycles. The predicted octanol–water partition coefficient (Wildman–Crippen LogP) is 7.15. The highest BCUT2D eigenvalue weighted by atomic mass is 31.3. The molecule has 0 aliphatic rings. The molecule has 0 spiro atoms. The maximum Gasteiger partial charge on any atom is 0.304 e. The van der Waals surface area contributed by atoms with E-state index in [9.17, 15) is 0 Å². The Morgan fingerprint density at radius 2 is 0.816 bits per heavy atom. The monoisotopic (exact) mass is 617 g/mol. The molecule has 0 aromatic rings. The lowest BCUT2D eigenvalue weighted by molar-refractivity contribution is 0.545. The normalized spacial score (nSPS) is 14.7. The minimum absolute atomic E-state index is 0.263. The number of nitrogens with zero attached hydrogens (tertiary/aromatic N) is 10. The van der Waals surface area contributed by atoms with Crippen LogP contribution in [0.1, 0.15) is 48.5 Å². The molecule has 230 valence electrons. The Labute approximate surface area is 237 Å². The van der Waals surface area contributed by atoms with Crippen molar-refractivity contribution in [2.24, 2.45) is 18.3 Å². The molecule has 11 nitrogen and oxygen atoms in total. The molecule has 1 N–H and O–H groups in total. The van der Waals surface area contributed by atoms with Gasteiger partial charge in [-0.3, -0.25) is 33.1 Å². The SMILES string of the molecule is CNP(=NP(=NC(C)(C)C)(N=P(C(C)C)(N(C)C)N(C)C)N=P(C(C)C)(N(C)C)N(C)C)(N(C)C)N(C)C. The Balaban J connectivity index is 9.28. The third-order valence-electron chi connectivity index (χ3n) is 6.34. The zero-order valence-electron chi connectivity index (χ0n) is 28.4. The Hall–Kier alpha value is 0.640. The van der Waals surface area contributed by atoms with Crippen LogP contribution in [0.4, 0.5) is 0 Å². The van der Waals surface area contributed by atoms with Crippen molar-refractivity contribution in [2.75, 3.05) is 91.6 Å². The zero-order chi connectivity index (χ0) is 30.7. The fourth-order valence-electron chi connectivity index (χ4n) is 5.09. The van der Waals surface area contributed by atoms with Crippen molar-refractivity contribution in [1.29, 1.82) is 0 Å². The summed E-state index contributed by atoms with van der Waals surface area (Å²) in [7, 11) is 17.5. The second-order valence-electron chi connectivity index (χ2n) is 12.4. The number of rotatable bonds is 12. The first kappa shape index (κ1) is 38.6. The van der Waals surface area contributed by atoms with E-state index < -0.39 is 35.3 Å². The fraction of sp³-hybridized carbons (Fsp3) is 1.00. The lowest BCUT2D eigenvalue weighted by Gasteiger charge is -2.44. The molecule has 0 fully saturated rings. The maximum atomic E-state index is 5.94. The van der Waals surface area contributed by atoms with E-state index >= 15 is 0 Å². The summed E-state index contributed by atoms with van der Waals surface area (Å²) in [6.07, 6.45) is 0. The van der Waals surface area contributed by atoms with Gasteiger partial charge in [-0.1, -0.05) is 27.7 Å². The topological polar surface area (TPSA) is 80.9 Å². The van der Waals surface area contributed by atoms with Crippen LogP contribution in [0.5, 0.6) is 0 Å². The second-order valence-corrected chi connectivity index (χ2v) is 26.7. The van der Waals surface area contributed by atoms with Crippen LogP contribution in [0.3, 0.4) is 0 Å². The van der Waals surface area contributed by atoms with Gasteiger partial charge in [0.2, 0.25) is 0 Å². The third kappa shape index (κ3) is 8.13. The first-order chi connectivity index (χ1) is 16.9. The van der Waals surface area contributed by atoms with Gasteiger partial charge in [0.25, 0.3) is 0 Å². The van der Waals surface area contributed by atoms with Crippen LogP contribution in [-0.2, 0) is 0 Å². The van der Waals surface area contributed by atoms with Gasteiger partial charge in [0.15, 0.2) is 7.51 Å². The molecule has 0 aromatic heterocycles. The number of hydrogen-bond donors (Lipinski definition) is 1. The molecule has 0 saturated carbocycles. The molecular formula is C23H63N11P4. The van der Waals surface area contributed by atoms with Crippen LogP contribution in [0.2, 0.25) is 0 Å². The first-order valence-electron chi connectivity index (χ1n) is 13.2. The van der Waals surface area contributed by atoms with E-state index in [4.69, 9.17) is 18.3 Å².